The Morgan fingerprint density at radius 3 is 2.41 bits per heavy atom. The lowest BCUT2D eigenvalue weighted by Gasteiger charge is -2.24. The van der Waals surface area contributed by atoms with E-state index in [1.54, 1.807) is 9.58 Å². The van der Waals surface area contributed by atoms with Gasteiger partial charge in [-0.1, -0.05) is 42.9 Å². The number of nitrogens with zero attached hydrogens (tertiary/aromatic N) is 5. The average Bonchev–Trinajstić information content (AvgIpc) is 3.26. The Kier molecular flexibility index (Phi) is 8.05. The molecular formula is C20H27Cl2N5OS. The van der Waals surface area contributed by atoms with Crippen molar-refractivity contribution in [1.29, 1.82) is 0 Å². The van der Waals surface area contributed by atoms with Gasteiger partial charge < -0.3 is 4.90 Å². The maximum absolute atomic E-state index is 13.4. The molecule has 1 aromatic carbocycles. The maximum atomic E-state index is 13.4. The van der Waals surface area contributed by atoms with Crippen LogP contribution in [0.15, 0.2) is 18.3 Å². The van der Waals surface area contributed by atoms with Crippen molar-refractivity contribution in [1.82, 2.24) is 19.7 Å². The molecule has 0 saturated heterocycles. The lowest BCUT2D eigenvalue weighted by atomic mass is 10.2. The fraction of sp³-hybridized carbons (Fsp3) is 0.450. The molecule has 3 aromatic rings. The minimum Gasteiger partial charge on any atom is -0.302 e. The molecule has 0 atom stereocenters. The molecule has 0 N–H and O–H groups in total. The summed E-state index contributed by atoms with van der Waals surface area (Å²) >= 11 is 7.85. The van der Waals surface area contributed by atoms with Gasteiger partial charge in [0.2, 0.25) is 0 Å². The van der Waals surface area contributed by atoms with Crippen LogP contribution >= 0.6 is 35.3 Å². The summed E-state index contributed by atoms with van der Waals surface area (Å²) in [7, 11) is 1.82. The first-order chi connectivity index (χ1) is 13.3. The summed E-state index contributed by atoms with van der Waals surface area (Å²) in [5.41, 5.74) is 3.22. The van der Waals surface area contributed by atoms with Gasteiger partial charge in [-0.2, -0.15) is 5.10 Å². The van der Waals surface area contributed by atoms with Crippen LogP contribution in [-0.4, -0.2) is 51.8 Å². The first-order valence-electron chi connectivity index (χ1n) is 9.45. The number of halogens is 2. The standard InChI is InChI=1S/C20H26ClN5OS.ClH/c1-6-25(7-2)10-11-26(19(27)17-14(4)12-24(5)23-17)20-22-16-13(3)8-9-15(21)18(16)28-20;/h8-9,12H,6-7,10-11H2,1-5H3;1H. The van der Waals surface area contributed by atoms with E-state index in [0.717, 1.165) is 41.0 Å². The van der Waals surface area contributed by atoms with Crippen molar-refractivity contribution in [2.75, 3.05) is 31.1 Å². The van der Waals surface area contributed by atoms with Crippen LogP contribution in [0.3, 0.4) is 0 Å². The Balaban J connectivity index is 0.00000300. The van der Waals surface area contributed by atoms with Crippen molar-refractivity contribution >= 4 is 56.6 Å². The predicted octanol–water partition coefficient (Wildman–Crippen LogP) is 4.71. The molecule has 0 aliphatic heterocycles. The van der Waals surface area contributed by atoms with Crippen molar-refractivity contribution in [3.05, 3.63) is 40.2 Å². The average molecular weight is 456 g/mol. The SMILES string of the molecule is CCN(CC)CCN(C(=O)c1nn(C)cc1C)c1nc2c(C)ccc(Cl)c2s1.Cl. The molecule has 1 amide bonds. The van der Waals surface area contributed by atoms with Gasteiger partial charge in [0.25, 0.3) is 5.91 Å². The van der Waals surface area contributed by atoms with Crippen LogP contribution in [0.5, 0.6) is 0 Å². The van der Waals surface area contributed by atoms with Crippen molar-refractivity contribution in [3.63, 3.8) is 0 Å². The molecule has 6 nitrogen and oxygen atoms in total. The summed E-state index contributed by atoms with van der Waals surface area (Å²) in [4.78, 5) is 22.2. The summed E-state index contributed by atoms with van der Waals surface area (Å²) in [5.74, 6) is -0.127. The topological polar surface area (TPSA) is 54.3 Å². The van der Waals surface area contributed by atoms with Crippen molar-refractivity contribution < 1.29 is 4.79 Å². The van der Waals surface area contributed by atoms with Gasteiger partial charge in [-0.25, -0.2) is 4.98 Å². The summed E-state index contributed by atoms with van der Waals surface area (Å²) in [6, 6.07) is 3.84. The van der Waals surface area contributed by atoms with Crippen molar-refractivity contribution in [3.8, 4) is 0 Å². The lowest BCUT2D eigenvalue weighted by Crippen LogP contribution is -2.39. The first-order valence-corrected chi connectivity index (χ1v) is 10.6. The zero-order valence-electron chi connectivity index (χ0n) is 17.4. The Morgan fingerprint density at radius 2 is 1.86 bits per heavy atom. The summed E-state index contributed by atoms with van der Waals surface area (Å²) in [5, 5.41) is 5.70. The summed E-state index contributed by atoms with van der Waals surface area (Å²) < 4.78 is 2.58. The number of likely N-dealkylation sites (N-methyl/N-ethyl adjacent to an activating group) is 1. The molecular weight excluding hydrogens is 429 g/mol. The summed E-state index contributed by atoms with van der Waals surface area (Å²) in [6.45, 7) is 11.4. The number of rotatable bonds is 7. The van der Waals surface area contributed by atoms with Crippen LogP contribution in [0.25, 0.3) is 10.2 Å². The number of carbonyl (C=O) groups is 1. The largest absolute Gasteiger partial charge is 0.302 e. The number of aromatic nitrogens is 3. The molecule has 3 rings (SSSR count). The smallest absolute Gasteiger partial charge is 0.280 e. The lowest BCUT2D eigenvalue weighted by molar-refractivity contribution is 0.0977. The molecule has 0 saturated carbocycles. The molecule has 0 spiro atoms. The van der Waals surface area contributed by atoms with E-state index in [0.29, 0.717) is 22.4 Å². The molecule has 2 heterocycles. The van der Waals surface area contributed by atoms with Gasteiger partial charge in [0.1, 0.15) is 0 Å². The number of fused-ring (bicyclic) bond motifs is 1. The number of hydrogen-bond acceptors (Lipinski definition) is 5. The molecule has 0 unspecified atom stereocenters. The molecule has 29 heavy (non-hydrogen) atoms. The zero-order chi connectivity index (χ0) is 20.4. The van der Waals surface area contributed by atoms with Crippen LogP contribution < -0.4 is 4.90 Å². The van der Waals surface area contributed by atoms with Gasteiger partial charge in [0, 0.05) is 31.9 Å². The van der Waals surface area contributed by atoms with Gasteiger partial charge in [0.05, 0.1) is 15.2 Å². The monoisotopic (exact) mass is 455 g/mol. The van der Waals surface area contributed by atoms with E-state index in [2.05, 4.69) is 23.8 Å². The van der Waals surface area contributed by atoms with Gasteiger partial charge >= 0.3 is 0 Å². The second-order valence-electron chi connectivity index (χ2n) is 6.86. The number of hydrogen-bond donors (Lipinski definition) is 0. The van der Waals surface area contributed by atoms with E-state index in [1.807, 2.05) is 39.2 Å². The number of benzene rings is 1. The fourth-order valence-electron chi connectivity index (χ4n) is 3.22. The highest BCUT2D eigenvalue weighted by Crippen LogP contribution is 2.36. The Morgan fingerprint density at radius 1 is 1.17 bits per heavy atom. The van der Waals surface area contributed by atoms with Crippen LogP contribution in [0.1, 0.15) is 35.5 Å². The van der Waals surface area contributed by atoms with Crippen LogP contribution in [0, 0.1) is 13.8 Å². The molecule has 0 aliphatic rings. The fourth-order valence-corrected chi connectivity index (χ4v) is 4.56. The molecule has 0 radical (unpaired) electrons. The minimum atomic E-state index is -0.127. The third kappa shape index (κ3) is 4.91. The third-order valence-corrected chi connectivity index (χ3v) is 6.45. The molecule has 0 aliphatic carbocycles. The Labute approximate surface area is 186 Å². The molecule has 0 fully saturated rings. The van der Waals surface area contributed by atoms with Crippen LogP contribution in [0.4, 0.5) is 5.13 Å². The van der Waals surface area contributed by atoms with E-state index in [4.69, 9.17) is 16.6 Å². The van der Waals surface area contributed by atoms with E-state index in [1.165, 1.54) is 11.3 Å². The second-order valence-corrected chi connectivity index (χ2v) is 8.24. The highest BCUT2D eigenvalue weighted by Gasteiger charge is 2.26. The van der Waals surface area contributed by atoms with Gasteiger partial charge in [-0.05, 0) is 38.6 Å². The summed E-state index contributed by atoms with van der Waals surface area (Å²) in [6.07, 6.45) is 1.86. The van der Waals surface area contributed by atoms with Crippen molar-refractivity contribution in [2.45, 2.75) is 27.7 Å². The maximum Gasteiger partial charge on any atom is 0.280 e. The zero-order valence-corrected chi connectivity index (χ0v) is 19.8. The highest BCUT2D eigenvalue weighted by atomic mass is 35.5. The first kappa shape index (κ1) is 23.6. The van der Waals surface area contributed by atoms with Crippen molar-refractivity contribution in [2.24, 2.45) is 7.05 Å². The van der Waals surface area contributed by atoms with Gasteiger partial charge in [-0.3, -0.25) is 14.4 Å². The number of anilines is 1. The van der Waals surface area contributed by atoms with Crippen LogP contribution in [0.2, 0.25) is 5.02 Å². The second kappa shape index (κ2) is 9.89. The molecule has 158 valence electrons. The number of thiazole rings is 1. The van der Waals surface area contributed by atoms with E-state index in [9.17, 15) is 4.79 Å². The normalized spacial score (nSPS) is 11.1. The quantitative estimate of drug-likeness (QED) is 0.517. The van der Waals surface area contributed by atoms with Gasteiger partial charge in [0.15, 0.2) is 10.8 Å². The van der Waals surface area contributed by atoms with E-state index < -0.39 is 0 Å². The third-order valence-electron chi connectivity index (χ3n) is 4.91. The Hall–Kier alpha value is -1.67. The highest BCUT2D eigenvalue weighted by molar-refractivity contribution is 7.23. The minimum absolute atomic E-state index is 0. The van der Waals surface area contributed by atoms with Gasteiger partial charge in [-0.15, -0.1) is 12.4 Å². The predicted molar refractivity (Wildman–Crippen MR) is 124 cm³/mol. The molecule has 9 heteroatoms. The van der Waals surface area contributed by atoms with E-state index >= 15 is 0 Å². The Bertz CT molecular complexity index is 957. The number of carbonyl (C=O) groups excluding carboxylic acids is 1. The van der Waals surface area contributed by atoms with E-state index in [-0.39, 0.29) is 18.3 Å². The number of amides is 1. The number of aryl methyl sites for hydroxylation is 3. The van der Waals surface area contributed by atoms with Crippen LogP contribution in [-0.2, 0) is 7.05 Å². The molecule has 0 bridgehead atoms. The molecule has 2 aromatic heterocycles.